The Labute approximate surface area is 135 Å². The summed E-state index contributed by atoms with van der Waals surface area (Å²) in [6, 6.07) is 6.83. The molecule has 1 aromatic rings. The molecular formula is C15H20N2O5S. The maximum atomic E-state index is 12.0. The number of amides is 1. The quantitative estimate of drug-likeness (QED) is 0.806. The molecule has 0 aromatic heterocycles. The third kappa shape index (κ3) is 4.22. The van der Waals surface area contributed by atoms with Crippen molar-refractivity contribution in [1.82, 2.24) is 5.32 Å². The third-order valence-corrected chi connectivity index (χ3v) is 4.90. The van der Waals surface area contributed by atoms with Gasteiger partial charge < -0.3 is 10.1 Å². The lowest BCUT2D eigenvalue weighted by atomic mass is 9.97. The Kier molecular flexibility index (Phi) is 5.25. The van der Waals surface area contributed by atoms with Crippen LogP contribution in [0.25, 0.3) is 0 Å². The highest BCUT2D eigenvalue weighted by Gasteiger charge is 2.30. The van der Waals surface area contributed by atoms with Crippen molar-refractivity contribution in [2.45, 2.75) is 25.3 Å². The van der Waals surface area contributed by atoms with Crippen molar-refractivity contribution < 1.29 is 22.7 Å². The molecule has 23 heavy (non-hydrogen) atoms. The molecule has 1 aliphatic rings. The van der Waals surface area contributed by atoms with Crippen LogP contribution in [0.1, 0.15) is 30.9 Å². The van der Waals surface area contributed by atoms with E-state index in [0.717, 1.165) is 5.56 Å². The standard InChI is InChI=1S/C15H20N2O5S/c1-22-15(19)8-7-14(18)16-12-9-10-17(23(2,20)21)13-6-4-3-5-11(12)13/h3-6,12H,7-10H2,1-2H3,(H,16,18). The molecule has 2 rings (SSSR count). The van der Waals surface area contributed by atoms with Crippen LogP contribution < -0.4 is 9.62 Å². The van der Waals surface area contributed by atoms with Crippen molar-refractivity contribution in [2.24, 2.45) is 0 Å². The Morgan fingerprint density at radius 2 is 2.00 bits per heavy atom. The Hall–Kier alpha value is -2.09. The fraction of sp³-hybridized carbons (Fsp3) is 0.467. The molecule has 0 spiro atoms. The van der Waals surface area contributed by atoms with Crippen molar-refractivity contribution >= 4 is 27.6 Å². The average molecular weight is 340 g/mol. The zero-order chi connectivity index (χ0) is 17.0. The van der Waals surface area contributed by atoms with Crippen LogP contribution in [0, 0.1) is 0 Å². The molecule has 1 N–H and O–H groups in total. The van der Waals surface area contributed by atoms with Crippen LogP contribution in [0.3, 0.4) is 0 Å². The van der Waals surface area contributed by atoms with Crippen molar-refractivity contribution in [3.05, 3.63) is 29.8 Å². The summed E-state index contributed by atoms with van der Waals surface area (Å²) >= 11 is 0. The molecule has 0 bridgehead atoms. The monoisotopic (exact) mass is 340 g/mol. The van der Waals surface area contributed by atoms with E-state index in [4.69, 9.17) is 0 Å². The number of para-hydroxylation sites is 1. The minimum absolute atomic E-state index is 0.0200. The number of carbonyl (C=O) groups is 2. The summed E-state index contributed by atoms with van der Waals surface area (Å²) in [5, 5.41) is 2.86. The molecule has 1 aromatic carbocycles. The number of rotatable bonds is 5. The molecule has 1 atom stereocenters. The van der Waals surface area contributed by atoms with Crippen LogP contribution in [0.2, 0.25) is 0 Å². The van der Waals surface area contributed by atoms with E-state index in [1.165, 1.54) is 17.7 Å². The molecule has 0 aliphatic carbocycles. The first kappa shape index (κ1) is 17.3. The van der Waals surface area contributed by atoms with Gasteiger partial charge in [-0.25, -0.2) is 8.42 Å². The average Bonchev–Trinajstić information content (AvgIpc) is 2.51. The number of nitrogens with zero attached hydrogens (tertiary/aromatic N) is 1. The van der Waals surface area contributed by atoms with Gasteiger partial charge in [0.2, 0.25) is 15.9 Å². The first-order chi connectivity index (χ1) is 10.8. The minimum Gasteiger partial charge on any atom is -0.469 e. The number of ether oxygens (including phenoxy) is 1. The molecule has 0 saturated heterocycles. The molecule has 126 valence electrons. The number of carbonyl (C=O) groups excluding carboxylic acids is 2. The number of anilines is 1. The smallest absolute Gasteiger partial charge is 0.306 e. The summed E-state index contributed by atoms with van der Waals surface area (Å²) in [5.74, 6) is -0.699. The normalized spacial score (nSPS) is 17.3. The predicted molar refractivity (Wildman–Crippen MR) is 85.4 cm³/mol. The third-order valence-electron chi connectivity index (χ3n) is 3.72. The molecule has 1 amide bonds. The van der Waals surface area contributed by atoms with E-state index in [2.05, 4.69) is 10.1 Å². The largest absolute Gasteiger partial charge is 0.469 e. The molecule has 7 nitrogen and oxygen atoms in total. The van der Waals surface area contributed by atoms with Crippen LogP contribution >= 0.6 is 0 Å². The van der Waals surface area contributed by atoms with Gasteiger partial charge >= 0.3 is 5.97 Å². The van der Waals surface area contributed by atoms with E-state index in [-0.39, 0.29) is 24.8 Å². The van der Waals surface area contributed by atoms with Gasteiger partial charge in [0.1, 0.15) is 0 Å². The van der Waals surface area contributed by atoms with Crippen LogP contribution in [0.15, 0.2) is 24.3 Å². The number of esters is 1. The number of hydrogen-bond acceptors (Lipinski definition) is 5. The topological polar surface area (TPSA) is 92.8 Å². The van der Waals surface area contributed by atoms with E-state index in [0.29, 0.717) is 18.7 Å². The molecule has 1 heterocycles. The number of fused-ring (bicyclic) bond motifs is 1. The van der Waals surface area contributed by atoms with Crippen LogP contribution in [-0.4, -0.2) is 40.2 Å². The number of nitrogens with one attached hydrogen (secondary N) is 1. The maximum Gasteiger partial charge on any atom is 0.306 e. The van der Waals surface area contributed by atoms with Gasteiger partial charge in [-0.1, -0.05) is 18.2 Å². The summed E-state index contributed by atoms with van der Waals surface area (Å²) in [6.45, 7) is 0.303. The molecular weight excluding hydrogens is 320 g/mol. The van der Waals surface area contributed by atoms with Crippen LogP contribution in [0.4, 0.5) is 5.69 Å². The Morgan fingerprint density at radius 1 is 1.30 bits per heavy atom. The fourth-order valence-electron chi connectivity index (χ4n) is 2.61. The zero-order valence-corrected chi connectivity index (χ0v) is 13.9. The van der Waals surface area contributed by atoms with Crippen molar-refractivity contribution in [3.8, 4) is 0 Å². The Bertz CT molecular complexity index is 702. The molecule has 0 fully saturated rings. The van der Waals surface area contributed by atoms with Crippen LogP contribution in [0.5, 0.6) is 0 Å². The SMILES string of the molecule is COC(=O)CCC(=O)NC1CCN(S(C)(=O)=O)c2ccccc21. The van der Waals surface area contributed by atoms with E-state index < -0.39 is 16.0 Å². The van der Waals surface area contributed by atoms with E-state index in [9.17, 15) is 18.0 Å². The lowest BCUT2D eigenvalue weighted by molar-refractivity contribution is -0.142. The number of sulfonamides is 1. The lowest BCUT2D eigenvalue weighted by Crippen LogP contribution is -2.40. The molecule has 0 radical (unpaired) electrons. The molecule has 1 aliphatic heterocycles. The summed E-state index contributed by atoms with van der Waals surface area (Å²) in [7, 11) is -2.08. The second-order valence-electron chi connectivity index (χ2n) is 5.38. The highest BCUT2D eigenvalue weighted by molar-refractivity contribution is 7.92. The Morgan fingerprint density at radius 3 is 2.65 bits per heavy atom. The number of benzene rings is 1. The zero-order valence-electron chi connectivity index (χ0n) is 13.1. The maximum absolute atomic E-state index is 12.0. The van der Waals surface area contributed by atoms with Gasteiger partial charge in [0.15, 0.2) is 0 Å². The number of methoxy groups -OCH3 is 1. The van der Waals surface area contributed by atoms with Crippen molar-refractivity contribution in [1.29, 1.82) is 0 Å². The lowest BCUT2D eigenvalue weighted by Gasteiger charge is -2.34. The summed E-state index contributed by atoms with van der Waals surface area (Å²) in [5.41, 5.74) is 1.34. The first-order valence-electron chi connectivity index (χ1n) is 7.25. The highest BCUT2D eigenvalue weighted by atomic mass is 32.2. The van der Waals surface area contributed by atoms with Gasteiger partial charge in [-0.2, -0.15) is 0 Å². The second-order valence-corrected chi connectivity index (χ2v) is 7.29. The second kappa shape index (κ2) is 6.99. The minimum atomic E-state index is -3.36. The summed E-state index contributed by atoms with van der Waals surface area (Å²) in [6.07, 6.45) is 1.71. The molecule has 8 heteroatoms. The summed E-state index contributed by atoms with van der Waals surface area (Å²) < 4.78 is 29.6. The molecule has 1 unspecified atom stereocenters. The van der Waals surface area contributed by atoms with Gasteiger partial charge in [0.25, 0.3) is 0 Å². The van der Waals surface area contributed by atoms with Crippen molar-refractivity contribution in [3.63, 3.8) is 0 Å². The van der Waals surface area contributed by atoms with Gasteiger partial charge in [0.05, 0.1) is 31.5 Å². The van der Waals surface area contributed by atoms with Gasteiger partial charge in [-0.05, 0) is 18.1 Å². The summed E-state index contributed by atoms with van der Waals surface area (Å²) in [4.78, 5) is 23.1. The fourth-order valence-corrected chi connectivity index (χ4v) is 3.57. The van der Waals surface area contributed by atoms with E-state index in [1.807, 2.05) is 0 Å². The van der Waals surface area contributed by atoms with Gasteiger partial charge in [-0.15, -0.1) is 0 Å². The predicted octanol–water partition coefficient (Wildman–Crippen LogP) is 0.967. The van der Waals surface area contributed by atoms with E-state index >= 15 is 0 Å². The van der Waals surface area contributed by atoms with E-state index in [1.54, 1.807) is 24.3 Å². The van der Waals surface area contributed by atoms with Gasteiger partial charge in [-0.3, -0.25) is 13.9 Å². The Balaban J connectivity index is 2.13. The first-order valence-corrected chi connectivity index (χ1v) is 9.10. The van der Waals surface area contributed by atoms with Crippen molar-refractivity contribution in [2.75, 3.05) is 24.2 Å². The molecule has 0 saturated carbocycles. The highest BCUT2D eigenvalue weighted by Crippen LogP contribution is 2.34. The van der Waals surface area contributed by atoms with Crippen LogP contribution in [-0.2, 0) is 24.3 Å². The number of hydrogen-bond donors (Lipinski definition) is 1. The van der Waals surface area contributed by atoms with Gasteiger partial charge in [0, 0.05) is 13.0 Å².